The van der Waals surface area contributed by atoms with Gasteiger partial charge in [-0.15, -0.1) is 6.42 Å². The summed E-state index contributed by atoms with van der Waals surface area (Å²) in [6, 6.07) is 0.0677. The summed E-state index contributed by atoms with van der Waals surface area (Å²) in [7, 11) is 0. The third kappa shape index (κ3) is 1.72. The Labute approximate surface area is 97.4 Å². The SMILES string of the molecule is C#CCN(CC)C(=O)C1C2CCC(C2)C1N. The number of nitrogens with zero attached hydrogens (tertiary/aromatic N) is 1. The van der Waals surface area contributed by atoms with Crippen molar-refractivity contribution in [2.45, 2.75) is 32.2 Å². The first-order valence-corrected chi connectivity index (χ1v) is 6.16. The first kappa shape index (κ1) is 11.5. The second-order valence-corrected chi connectivity index (χ2v) is 4.99. The highest BCUT2D eigenvalue weighted by molar-refractivity contribution is 5.80. The average molecular weight is 220 g/mol. The molecule has 2 N–H and O–H groups in total. The van der Waals surface area contributed by atoms with Crippen LogP contribution < -0.4 is 5.73 Å². The quantitative estimate of drug-likeness (QED) is 0.716. The molecule has 0 aromatic carbocycles. The summed E-state index contributed by atoms with van der Waals surface area (Å²) >= 11 is 0. The van der Waals surface area contributed by atoms with Crippen molar-refractivity contribution in [1.29, 1.82) is 0 Å². The molecule has 16 heavy (non-hydrogen) atoms. The van der Waals surface area contributed by atoms with Gasteiger partial charge in [-0.1, -0.05) is 5.92 Å². The summed E-state index contributed by atoms with van der Waals surface area (Å²) in [5, 5.41) is 0. The maximum absolute atomic E-state index is 12.3. The van der Waals surface area contributed by atoms with E-state index in [-0.39, 0.29) is 17.9 Å². The summed E-state index contributed by atoms with van der Waals surface area (Å²) in [4.78, 5) is 14.1. The predicted molar refractivity (Wildman–Crippen MR) is 63.4 cm³/mol. The molecule has 0 radical (unpaired) electrons. The van der Waals surface area contributed by atoms with Crippen molar-refractivity contribution in [2.75, 3.05) is 13.1 Å². The Hall–Kier alpha value is -1.01. The number of nitrogens with two attached hydrogens (primary N) is 1. The largest absolute Gasteiger partial charge is 0.332 e. The lowest BCUT2D eigenvalue weighted by molar-refractivity contribution is -0.136. The summed E-state index contributed by atoms with van der Waals surface area (Å²) in [6.45, 7) is 3.06. The number of hydrogen-bond donors (Lipinski definition) is 1. The Kier molecular flexibility index (Phi) is 3.20. The van der Waals surface area contributed by atoms with Crippen LogP contribution in [-0.4, -0.2) is 29.9 Å². The van der Waals surface area contributed by atoms with Gasteiger partial charge in [-0.2, -0.15) is 0 Å². The molecule has 2 bridgehead atoms. The van der Waals surface area contributed by atoms with E-state index in [0.29, 0.717) is 24.9 Å². The van der Waals surface area contributed by atoms with Crippen LogP contribution >= 0.6 is 0 Å². The van der Waals surface area contributed by atoms with E-state index in [1.165, 1.54) is 12.8 Å². The number of terminal acetylenes is 1. The second-order valence-electron chi connectivity index (χ2n) is 4.99. The van der Waals surface area contributed by atoms with Crippen LogP contribution in [0.15, 0.2) is 0 Å². The van der Waals surface area contributed by atoms with E-state index < -0.39 is 0 Å². The zero-order valence-corrected chi connectivity index (χ0v) is 9.86. The molecule has 0 saturated heterocycles. The molecular formula is C13H20N2O. The van der Waals surface area contributed by atoms with Crippen LogP contribution in [0.1, 0.15) is 26.2 Å². The van der Waals surface area contributed by atoms with Gasteiger partial charge in [0.1, 0.15) is 0 Å². The van der Waals surface area contributed by atoms with E-state index in [9.17, 15) is 4.79 Å². The molecule has 1 amide bonds. The third-order valence-corrected chi connectivity index (χ3v) is 4.24. The monoisotopic (exact) mass is 220 g/mol. The molecule has 88 valence electrons. The number of fused-ring (bicyclic) bond motifs is 2. The van der Waals surface area contributed by atoms with E-state index in [1.807, 2.05) is 6.92 Å². The summed E-state index contributed by atoms with van der Waals surface area (Å²) in [6.07, 6.45) is 8.80. The molecule has 2 fully saturated rings. The molecule has 2 rings (SSSR count). The van der Waals surface area contributed by atoms with Crippen LogP contribution in [0.4, 0.5) is 0 Å². The number of rotatable bonds is 3. The average Bonchev–Trinajstić information content (AvgIpc) is 2.85. The molecule has 0 heterocycles. The van der Waals surface area contributed by atoms with Crippen molar-refractivity contribution in [3.63, 3.8) is 0 Å². The maximum atomic E-state index is 12.3. The zero-order chi connectivity index (χ0) is 11.7. The van der Waals surface area contributed by atoms with Crippen molar-refractivity contribution < 1.29 is 4.79 Å². The lowest BCUT2D eigenvalue weighted by Gasteiger charge is -2.31. The molecule has 0 aliphatic heterocycles. The highest BCUT2D eigenvalue weighted by atomic mass is 16.2. The number of amides is 1. The Morgan fingerprint density at radius 1 is 1.50 bits per heavy atom. The number of hydrogen-bond acceptors (Lipinski definition) is 2. The molecule has 2 aliphatic carbocycles. The first-order chi connectivity index (χ1) is 7.69. The standard InChI is InChI=1S/C13H20N2O/c1-3-7-15(4-2)13(16)11-9-5-6-10(8-9)12(11)14/h1,9-12H,4-8,14H2,2H3. The van der Waals surface area contributed by atoms with E-state index in [4.69, 9.17) is 12.2 Å². The van der Waals surface area contributed by atoms with Crippen LogP contribution in [0.3, 0.4) is 0 Å². The minimum atomic E-state index is 0.0343. The van der Waals surface area contributed by atoms with Crippen LogP contribution in [0, 0.1) is 30.1 Å². The minimum absolute atomic E-state index is 0.0343. The summed E-state index contributed by atoms with van der Waals surface area (Å²) in [5.74, 6) is 3.85. The van der Waals surface area contributed by atoms with Crippen molar-refractivity contribution in [3.8, 4) is 12.3 Å². The van der Waals surface area contributed by atoms with Gasteiger partial charge in [0.25, 0.3) is 0 Å². The van der Waals surface area contributed by atoms with Gasteiger partial charge in [0, 0.05) is 12.6 Å². The highest BCUT2D eigenvalue weighted by Gasteiger charge is 2.49. The van der Waals surface area contributed by atoms with Gasteiger partial charge in [0.05, 0.1) is 12.5 Å². The molecule has 2 aliphatic rings. The fourth-order valence-corrected chi connectivity index (χ4v) is 3.37. The van der Waals surface area contributed by atoms with Crippen molar-refractivity contribution in [1.82, 2.24) is 4.90 Å². The number of carbonyl (C=O) groups is 1. The fourth-order valence-electron chi connectivity index (χ4n) is 3.37. The predicted octanol–water partition coefficient (Wildman–Crippen LogP) is 0.842. The second kappa shape index (κ2) is 4.47. The Morgan fingerprint density at radius 3 is 2.69 bits per heavy atom. The first-order valence-electron chi connectivity index (χ1n) is 6.16. The highest BCUT2D eigenvalue weighted by Crippen LogP contribution is 2.48. The molecule has 0 aromatic heterocycles. The Bertz CT molecular complexity index is 318. The van der Waals surface area contributed by atoms with Gasteiger partial charge in [-0.05, 0) is 38.0 Å². The topological polar surface area (TPSA) is 46.3 Å². The smallest absolute Gasteiger partial charge is 0.228 e. The Morgan fingerprint density at radius 2 is 2.19 bits per heavy atom. The van der Waals surface area contributed by atoms with Crippen LogP contribution in [0.5, 0.6) is 0 Å². The molecule has 4 unspecified atom stereocenters. The van der Waals surface area contributed by atoms with Crippen molar-refractivity contribution in [3.05, 3.63) is 0 Å². The lowest BCUT2D eigenvalue weighted by atomic mass is 9.84. The fraction of sp³-hybridized carbons (Fsp3) is 0.769. The van der Waals surface area contributed by atoms with Gasteiger partial charge in [0.2, 0.25) is 5.91 Å². The van der Waals surface area contributed by atoms with Crippen LogP contribution in [-0.2, 0) is 4.79 Å². The van der Waals surface area contributed by atoms with Gasteiger partial charge in [0.15, 0.2) is 0 Å². The molecule has 0 aromatic rings. The van der Waals surface area contributed by atoms with E-state index in [0.717, 1.165) is 6.42 Å². The third-order valence-electron chi connectivity index (χ3n) is 4.24. The van der Waals surface area contributed by atoms with Gasteiger partial charge in [-0.3, -0.25) is 4.79 Å². The van der Waals surface area contributed by atoms with E-state index in [1.54, 1.807) is 4.90 Å². The van der Waals surface area contributed by atoms with Crippen molar-refractivity contribution in [2.24, 2.45) is 23.5 Å². The molecule has 3 nitrogen and oxygen atoms in total. The summed E-state index contributed by atoms with van der Waals surface area (Å²) < 4.78 is 0. The van der Waals surface area contributed by atoms with Gasteiger partial charge in [-0.25, -0.2) is 0 Å². The molecule has 4 atom stereocenters. The zero-order valence-electron chi connectivity index (χ0n) is 9.86. The normalized spacial score (nSPS) is 36.1. The van der Waals surface area contributed by atoms with Crippen molar-refractivity contribution >= 4 is 5.91 Å². The van der Waals surface area contributed by atoms with Crippen LogP contribution in [0.25, 0.3) is 0 Å². The maximum Gasteiger partial charge on any atom is 0.228 e. The molecular weight excluding hydrogens is 200 g/mol. The Balaban J connectivity index is 2.07. The van der Waals surface area contributed by atoms with Gasteiger partial charge < -0.3 is 10.6 Å². The molecule has 3 heteroatoms. The molecule has 2 saturated carbocycles. The van der Waals surface area contributed by atoms with Gasteiger partial charge >= 0.3 is 0 Å². The van der Waals surface area contributed by atoms with E-state index in [2.05, 4.69) is 5.92 Å². The lowest BCUT2D eigenvalue weighted by Crippen LogP contribution is -2.47. The van der Waals surface area contributed by atoms with Crippen LogP contribution in [0.2, 0.25) is 0 Å². The summed E-state index contributed by atoms with van der Waals surface area (Å²) in [5.41, 5.74) is 6.15. The van der Waals surface area contributed by atoms with E-state index >= 15 is 0 Å². The number of carbonyl (C=O) groups excluding carboxylic acids is 1. The molecule has 0 spiro atoms. The minimum Gasteiger partial charge on any atom is -0.332 e.